The summed E-state index contributed by atoms with van der Waals surface area (Å²) in [4.78, 5) is 11.4. The Bertz CT molecular complexity index is 420. The molecule has 2 N–H and O–H groups in total. The van der Waals surface area contributed by atoms with Crippen LogP contribution in [-0.4, -0.2) is 31.3 Å². The SMILES string of the molecule is O=C(O)C1(CNS(=O)(=O)C2CCCCC2)CCCC1. The Morgan fingerprint density at radius 3 is 2.21 bits per heavy atom. The molecule has 2 fully saturated rings. The highest BCUT2D eigenvalue weighted by Gasteiger charge is 2.42. The van der Waals surface area contributed by atoms with Gasteiger partial charge in [0.2, 0.25) is 10.0 Å². The molecule has 0 unspecified atom stereocenters. The maximum absolute atomic E-state index is 12.2. The summed E-state index contributed by atoms with van der Waals surface area (Å²) in [7, 11) is -3.36. The lowest BCUT2D eigenvalue weighted by atomic mass is 9.87. The first kappa shape index (κ1) is 14.8. The number of hydrogen-bond donors (Lipinski definition) is 2. The summed E-state index contributed by atoms with van der Waals surface area (Å²) in [5, 5.41) is 9.01. The minimum absolute atomic E-state index is 0.0567. The maximum atomic E-state index is 12.2. The number of nitrogens with one attached hydrogen (secondary N) is 1. The zero-order chi connectivity index (χ0) is 13.9. The highest BCUT2D eigenvalue weighted by molar-refractivity contribution is 7.90. The van der Waals surface area contributed by atoms with Crippen molar-refractivity contribution >= 4 is 16.0 Å². The molecule has 6 heteroatoms. The summed E-state index contributed by atoms with van der Waals surface area (Å²) in [5.74, 6) is -0.864. The Labute approximate surface area is 114 Å². The summed E-state index contributed by atoms with van der Waals surface area (Å²) in [6.45, 7) is 0.0567. The summed E-state index contributed by atoms with van der Waals surface area (Å²) in [6, 6.07) is 0. The molecule has 0 aromatic rings. The van der Waals surface area contributed by atoms with Gasteiger partial charge < -0.3 is 5.11 Å². The van der Waals surface area contributed by atoms with E-state index in [9.17, 15) is 18.3 Å². The third-order valence-electron chi connectivity index (χ3n) is 4.62. The van der Waals surface area contributed by atoms with Crippen molar-refractivity contribution in [2.75, 3.05) is 6.54 Å². The van der Waals surface area contributed by atoms with Crippen molar-refractivity contribution in [1.82, 2.24) is 4.72 Å². The molecule has 0 atom stereocenters. The van der Waals surface area contributed by atoms with Gasteiger partial charge in [0.25, 0.3) is 0 Å². The Morgan fingerprint density at radius 2 is 1.68 bits per heavy atom. The van der Waals surface area contributed by atoms with Crippen molar-refractivity contribution in [2.45, 2.75) is 63.0 Å². The Morgan fingerprint density at radius 1 is 1.11 bits per heavy atom. The standard InChI is InChI=1S/C13H23NO4S/c15-12(16)13(8-4-5-9-13)10-14-19(17,18)11-6-2-1-3-7-11/h11,14H,1-10H2,(H,15,16). The molecule has 0 aliphatic heterocycles. The lowest BCUT2D eigenvalue weighted by Gasteiger charge is -2.27. The largest absolute Gasteiger partial charge is 0.481 e. The van der Waals surface area contributed by atoms with Gasteiger partial charge >= 0.3 is 5.97 Å². The van der Waals surface area contributed by atoms with E-state index >= 15 is 0 Å². The predicted molar refractivity (Wildman–Crippen MR) is 72.3 cm³/mol. The highest BCUT2D eigenvalue weighted by atomic mass is 32.2. The van der Waals surface area contributed by atoms with E-state index in [1.54, 1.807) is 0 Å². The number of aliphatic carboxylic acids is 1. The van der Waals surface area contributed by atoms with Gasteiger partial charge in [0.15, 0.2) is 0 Å². The van der Waals surface area contributed by atoms with E-state index in [0.717, 1.165) is 32.1 Å². The molecule has 0 amide bonds. The van der Waals surface area contributed by atoms with Crippen molar-refractivity contribution in [3.63, 3.8) is 0 Å². The van der Waals surface area contributed by atoms with Gasteiger partial charge in [-0.05, 0) is 25.7 Å². The average molecular weight is 289 g/mol. The number of rotatable bonds is 5. The van der Waals surface area contributed by atoms with Gasteiger partial charge in [0.1, 0.15) is 0 Å². The van der Waals surface area contributed by atoms with Gasteiger partial charge in [-0.2, -0.15) is 0 Å². The van der Waals surface area contributed by atoms with Gasteiger partial charge in [0, 0.05) is 6.54 Å². The van der Waals surface area contributed by atoms with Gasteiger partial charge in [-0.1, -0.05) is 32.1 Å². The van der Waals surface area contributed by atoms with E-state index in [-0.39, 0.29) is 11.8 Å². The van der Waals surface area contributed by atoms with Crippen LogP contribution in [0.5, 0.6) is 0 Å². The topological polar surface area (TPSA) is 83.5 Å². The molecule has 0 saturated heterocycles. The van der Waals surface area contributed by atoms with Gasteiger partial charge in [-0.3, -0.25) is 4.79 Å². The number of carboxylic acids is 1. The van der Waals surface area contributed by atoms with Gasteiger partial charge in [0.05, 0.1) is 10.7 Å². The van der Waals surface area contributed by atoms with Gasteiger partial charge in [-0.25, -0.2) is 13.1 Å². The van der Waals surface area contributed by atoms with E-state index in [1.165, 1.54) is 0 Å². The molecule has 110 valence electrons. The Balaban J connectivity index is 1.98. The van der Waals surface area contributed by atoms with E-state index < -0.39 is 21.4 Å². The zero-order valence-corrected chi connectivity index (χ0v) is 12.0. The molecular weight excluding hydrogens is 266 g/mol. The van der Waals surface area contributed by atoms with Crippen LogP contribution in [0.25, 0.3) is 0 Å². The smallest absolute Gasteiger partial charge is 0.310 e. The van der Waals surface area contributed by atoms with E-state index in [4.69, 9.17) is 0 Å². The number of carbonyl (C=O) groups is 1. The minimum atomic E-state index is -3.36. The first-order valence-corrected chi connectivity index (χ1v) is 8.73. The predicted octanol–water partition coefficient (Wildman–Crippen LogP) is 1.88. The molecular formula is C13H23NO4S. The molecule has 2 aliphatic carbocycles. The van der Waals surface area contributed by atoms with Crippen LogP contribution in [0.1, 0.15) is 57.8 Å². The van der Waals surface area contributed by atoms with Crippen molar-refractivity contribution in [3.8, 4) is 0 Å². The number of hydrogen-bond acceptors (Lipinski definition) is 3. The summed E-state index contributed by atoms with van der Waals surface area (Å²) in [5.41, 5.74) is -0.873. The Hall–Kier alpha value is -0.620. The molecule has 19 heavy (non-hydrogen) atoms. The van der Waals surface area contributed by atoms with Crippen molar-refractivity contribution in [2.24, 2.45) is 5.41 Å². The van der Waals surface area contributed by atoms with Gasteiger partial charge in [-0.15, -0.1) is 0 Å². The lowest BCUT2D eigenvalue weighted by molar-refractivity contribution is -0.148. The van der Waals surface area contributed by atoms with Crippen molar-refractivity contribution in [3.05, 3.63) is 0 Å². The minimum Gasteiger partial charge on any atom is -0.481 e. The van der Waals surface area contributed by atoms with Crippen LogP contribution in [0.3, 0.4) is 0 Å². The maximum Gasteiger partial charge on any atom is 0.310 e. The second-order valence-electron chi connectivity index (χ2n) is 5.92. The van der Waals surface area contributed by atoms with E-state index in [1.807, 2.05) is 0 Å². The molecule has 2 aliphatic rings. The monoisotopic (exact) mass is 289 g/mol. The molecule has 0 spiro atoms. The van der Waals surface area contributed by atoms with Crippen LogP contribution < -0.4 is 4.72 Å². The molecule has 0 aromatic heterocycles. The molecule has 2 saturated carbocycles. The number of carboxylic acid groups (broad SMARTS) is 1. The average Bonchev–Trinajstić information content (AvgIpc) is 2.88. The van der Waals surface area contributed by atoms with E-state index in [0.29, 0.717) is 25.7 Å². The van der Waals surface area contributed by atoms with E-state index in [2.05, 4.69) is 4.72 Å². The van der Waals surface area contributed by atoms with Crippen LogP contribution in [0.4, 0.5) is 0 Å². The summed E-state index contributed by atoms with van der Waals surface area (Å²) < 4.78 is 27.0. The van der Waals surface area contributed by atoms with Crippen LogP contribution in [0.15, 0.2) is 0 Å². The molecule has 0 bridgehead atoms. The fourth-order valence-electron chi connectivity index (χ4n) is 3.25. The molecule has 0 aromatic carbocycles. The van der Waals surface area contributed by atoms with Crippen LogP contribution in [-0.2, 0) is 14.8 Å². The first-order chi connectivity index (χ1) is 8.96. The molecule has 0 heterocycles. The molecule has 0 radical (unpaired) electrons. The first-order valence-electron chi connectivity index (χ1n) is 7.18. The van der Waals surface area contributed by atoms with Crippen LogP contribution in [0.2, 0.25) is 0 Å². The lowest BCUT2D eigenvalue weighted by Crippen LogP contribution is -2.44. The summed E-state index contributed by atoms with van der Waals surface area (Å²) in [6.07, 6.45) is 7.32. The van der Waals surface area contributed by atoms with Crippen LogP contribution in [0, 0.1) is 5.41 Å². The van der Waals surface area contributed by atoms with Crippen LogP contribution >= 0.6 is 0 Å². The van der Waals surface area contributed by atoms with Crippen molar-refractivity contribution < 1.29 is 18.3 Å². The quantitative estimate of drug-likeness (QED) is 0.809. The highest BCUT2D eigenvalue weighted by Crippen LogP contribution is 2.38. The Kier molecular flexibility index (Phi) is 4.50. The summed E-state index contributed by atoms with van der Waals surface area (Å²) >= 11 is 0. The normalized spacial score (nSPS) is 24.4. The third-order valence-corrected chi connectivity index (χ3v) is 6.51. The second-order valence-corrected chi connectivity index (χ2v) is 7.96. The zero-order valence-electron chi connectivity index (χ0n) is 11.2. The van der Waals surface area contributed by atoms with Crippen molar-refractivity contribution in [1.29, 1.82) is 0 Å². The second kappa shape index (κ2) is 5.79. The third kappa shape index (κ3) is 3.28. The fourth-order valence-corrected chi connectivity index (χ4v) is 4.92. The fraction of sp³-hybridized carbons (Fsp3) is 0.923. The number of sulfonamides is 1. The molecule has 5 nitrogen and oxygen atoms in total. The molecule has 2 rings (SSSR count).